The van der Waals surface area contributed by atoms with Gasteiger partial charge in [0, 0.05) is 16.3 Å². The van der Waals surface area contributed by atoms with Crippen molar-refractivity contribution in [2.75, 3.05) is 11.1 Å². The summed E-state index contributed by atoms with van der Waals surface area (Å²) in [5.74, 6) is -0.345. The van der Waals surface area contributed by atoms with E-state index in [9.17, 15) is 18.0 Å². The Bertz CT molecular complexity index is 831. The van der Waals surface area contributed by atoms with E-state index >= 15 is 0 Å². The highest BCUT2D eigenvalue weighted by Crippen LogP contribution is 2.37. The van der Waals surface area contributed by atoms with E-state index < -0.39 is 17.6 Å². The van der Waals surface area contributed by atoms with Gasteiger partial charge in [-0.1, -0.05) is 24.3 Å². The minimum absolute atomic E-state index is 0.0723. The summed E-state index contributed by atoms with van der Waals surface area (Å²) in [5, 5.41) is 3.11. The zero-order valence-electron chi connectivity index (χ0n) is 12.4. The van der Waals surface area contributed by atoms with E-state index in [0.29, 0.717) is 11.4 Å². The zero-order valence-corrected chi connectivity index (χ0v) is 13.2. The van der Waals surface area contributed by atoms with Crippen LogP contribution >= 0.6 is 11.8 Å². The first-order chi connectivity index (χ1) is 11.4. The largest absolute Gasteiger partial charge is 0.416 e. The molecule has 3 nitrogen and oxygen atoms in total. The second kappa shape index (κ2) is 6.24. The molecule has 3 N–H and O–H groups in total. The van der Waals surface area contributed by atoms with Crippen molar-refractivity contribution in [2.45, 2.75) is 11.1 Å². The highest BCUT2D eigenvalue weighted by molar-refractivity contribution is 7.99. The number of nitrogens with one attached hydrogen (secondary N) is 1. The summed E-state index contributed by atoms with van der Waals surface area (Å²) < 4.78 is 38.8. The first-order valence-corrected chi connectivity index (χ1v) is 8.04. The molecule has 1 aliphatic rings. The zero-order chi connectivity index (χ0) is 17.3. The molecule has 1 heterocycles. The average Bonchev–Trinajstić information content (AvgIpc) is 2.54. The number of nitrogens with two attached hydrogens (primary N) is 1. The van der Waals surface area contributed by atoms with Crippen molar-refractivity contribution in [1.82, 2.24) is 0 Å². The van der Waals surface area contributed by atoms with E-state index in [-0.39, 0.29) is 11.1 Å². The number of primary amides is 1. The summed E-state index contributed by atoms with van der Waals surface area (Å²) in [5.41, 5.74) is 6.17. The van der Waals surface area contributed by atoms with E-state index in [1.54, 1.807) is 0 Å². The average molecular weight is 350 g/mol. The molecule has 3 rings (SSSR count). The quantitative estimate of drug-likeness (QED) is 0.801. The molecule has 0 radical (unpaired) electrons. The van der Waals surface area contributed by atoms with Gasteiger partial charge in [0.05, 0.1) is 16.8 Å². The molecule has 2 aromatic rings. The van der Waals surface area contributed by atoms with E-state index in [4.69, 9.17) is 5.73 Å². The predicted octanol–water partition coefficient (Wildman–Crippen LogP) is 4.12. The van der Waals surface area contributed by atoms with Crippen molar-refractivity contribution in [3.8, 4) is 0 Å². The Labute approximate surface area is 140 Å². The number of fused-ring (bicyclic) bond motifs is 1. The number of carbonyl (C=O) groups excluding carboxylic acids is 1. The number of rotatable bonds is 2. The van der Waals surface area contributed by atoms with Crippen LogP contribution in [0.4, 0.5) is 18.9 Å². The van der Waals surface area contributed by atoms with Gasteiger partial charge in [0.15, 0.2) is 0 Å². The molecule has 0 saturated heterocycles. The molecular formula is C17H13F3N2OS. The predicted molar refractivity (Wildman–Crippen MR) is 88.3 cm³/mol. The fraction of sp³-hybridized carbons (Fsp3) is 0.118. The molecule has 0 saturated carbocycles. The van der Waals surface area contributed by atoms with Gasteiger partial charge in [0.25, 0.3) is 5.91 Å². The van der Waals surface area contributed by atoms with Gasteiger partial charge in [0.1, 0.15) is 0 Å². The summed E-state index contributed by atoms with van der Waals surface area (Å²) in [7, 11) is 0. The van der Waals surface area contributed by atoms with Crippen LogP contribution in [0.1, 0.15) is 11.1 Å². The molecule has 7 heteroatoms. The number of alkyl halides is 3. The fourth-order valence-electron chi connectivity index (χ4n) is 2.50. The monoisotopic (exact) mass is 350 g/mol. The van der Waals surface area contributed by atoms with Crippen molar-refractivity contribution in [3.05, 3.63) is 65.4 Å². The highest BCUT2D eigenvalue weighted by Gasteiger charge is 2.31. The standard InChI is InChI=1S/C17H13F3N2OS/c18-17(19,20)11-5-3-4-10(8-11)15(16(21)23)13-9-24-14-7-2-1-6-12(14)22-13/h1-8,22H,9H2,(H2,21,23)/b15-13+. The van der Waals surface area contributed by atoms with Gasteiger partial charge in [-0.25, -0.2) is 0 Å². The molecule has 0 unspecified atom stereocenters. The van der Waals surface area contributed by atoms with E-state index in [1.807, 2.05) is 24.3 Å². The Balaban J connectivity index is 2.07. The van der Waals surface area contributed by atoms with Crippen molar-refractivity contribution in [3.63, 3.8) is 0 Å². The van der Waals surface area contributed by atoms with Crippen LogP contribution in [0.15, 0.2) is 59.1 Å². The second-order valence-electron chi connectivity index (χ2n) is 5.21. The van der Waals surface area contributed by atoms with E-state index in [1.165, 1.54) is 23.9 Å². The third kappa shape index (κ3) is 3.26. The van der Waals surface area contributed by atoms with Crippen molar-refractivity contribution < 1.29 is 18.0 Å². The van der Waals surface area contributed by atoms with Crippen LogP contribution in [0.5, 0.6) is 0 Å². The van der Waals surface area contributed by atoms with Crippen LogP contribution in [-0.2, 0) is 11.0 Å². The van der Waals surface area contributed by atoms with Gasteiger partial charge < -0.3 is 11.1 Å². The topological polar surface area (TPSA) is 55.1 Å². The summed E-state index contributed by atoms with van der Waals surface area (Å²) in [6, 6.07) is 12.1. The number of hydrogen-bond donors (Lipinski definition) is 2. The maximum absolute atomic E-state index is 12.9. The number of anilines is 1. The normalized spacial score (nSPS) is 16.1. The van der Waals surface area contributed by atoms with Crippen molar-refractivity contribution >= 4 is 28.9 Å². The smallest absolute Gasteiger partial charge is 0.366 e. The molecule has 0 fully saturated rings. The molecule has 0 aromatic heterocycles. The minimum atomic E-state index is -4.48. The lowest BCUT2D eigenvalue weighted by atomic mass is 10.0. The van der Waals surface area contributed by atoms with Gasteiger partial charge in [-0.05, 0) is 29.8 Å². The molecule has 0 aliphatic carbocycles. The number of para-hydroxylation sites is 1. The van der Waals surface area contributed by atoms with Crippen LogP contribution in [0.2, 0.25) is 0 Å². The molecule has 0 spiro atoms. The van der Waals surface area contributed by atoms with Crippen LogP contribution < -0.4 is 11.1 Å². The number of hydrogen-bond acceptors (Lipinski definition) is 3. The van der Waals surface area contributed by atoms with Crippen molar-refractivity contribution in [2.24, 2.45) is 5.73 Å². The Morgan fingerprint density at radius 1 is 1.12 bits per heavy atom. The molecule has 124 valence electrons. The second-order valence-corrected chi connectivity index (χ2v) is 6.22. The number of benzene rings is 2. The number of halogens is 3. The van der Waals surface area contributed by atoms with Crippen LogP contribution in [-0.4, -0.2) is 11.7 Å². The maximum atomic E-state index is 12.9. The molecule has 0 bridgehead atoms. The van der Waals surface area contributed by atoms with Gasteiger partial charge >= 0.3 is 6.18 Å². The van der Waals surface area contributed by atoms with Gasteiger partial charge in [0.2, 0.25) is 0 Å². The molecule has 1 amide bonds. The third-order valence-electron chi connectivity index (χ3n) is 3.57. The summed E-state index contributed by atoms with van der Waals surface area (Å²) >= 11 is 1.50. The number of amides is 1. The SMILES string of the molecule is NC(=O)/C(=C1\CSc2ccccc2N1)c1cccc(C(F)(F)F)c1. The Kier molecular flexibility index (Phi) is 4.28. The number of carbonyl (C=O) groups is 1. The van der Waals surface area contributed by atoms with Crippen molar-refractivity contribution in [1.29, 1.82) is 0 Å². The van der Waals surface area contributed by atoms with Gasteiger partial charge in [-0.2, -0.15) is 13.2 Å². The molecule has 2 aromatic carbocycles. The lowest BCUT2D eigenvalue weighted by Crippen LogP contribution is -2.21. The summed E-state index contributed by atoms with van der Waals surface area (Å²) in [6.45, 7) is 0. The summed E-state index contributed by atoms with van der Waals surface area (Å²) in [6.07, 6.45) is -4.48. The Hall–Kier alpha value is -2.41. The number of thioether (sulfide) groups is 1. The van der Waals surface area contributed by atoms with E-state index in [0.717, 1.165) is 22.7 Å². The maximum Gasteiger partial charge on any atom is 0.416 e. The lowest BCUT2D eigenvalue weighted by molar-refractivity contribution is -0.137. The first kappa shape index (κ1) is 16.4. The van der Waals surface area contributed by atoms with Crippen LogP contribution in [0.25, 0.3) is 5.57 Å². The summed E-state index contributed by atoms with van der Waals surface area (Å²) in [4.78, 5) is 12.9. The van der Waals surface area contributed by atoms with Crippen LogP contribution in [0.3, 0.4) is 0 Å². The Morgan fingerprint density at radius 3 is 2.58 bits per heavy atom. The molecule has 24 heavy (non-hydrogen) atoms. The van der Waals surface area contributed by atoms with E-state index in [2.05, 4.69) is 5.32 Å². The lowest BCUT2D eigenvalue weighted by Gasteiger charge is -2.23. The molecule has 0 atom stereocenters. The molecular weight excluding hydrogens is 337 g/mol. The fourth-order valence-corrected chi connectivity index (χ4v) is 3.46. The van der Waals surface area contributed by atoms with Gasteiger partial charge in [-0.15, -0.1) is 11.8 Å². The third-order valence-corrected chi connectivity index (χ3v) is 4.67. The highest BCUT2D eigenvalue weighted by atomic mass is 32.2. The first-order valence-electron chi connectivity index (χ1n) is 7.05. The minimum Gasteiger partial charge on any atom is -0.366 e. The van der Waals surface area contributed by atoms with Crippen LogP contribution in [0, 0.1) is 0 Å². The molecule has 1 aliphatic heterocycles. The Morgan fingerprint density at radius 2 is 1.88 bits per heavy atom. The van der Waals surface area contributed by atoms with Gasteiger partial charge in [-0.3, -0.25) is 4.79 Å².